The van der Waals surface area contributed by atoms with Crippen molar-refractivity contribution in [1.29, 1.82) is 0 Å². The van der Waals surface area contributed by atoms with Gasteiger partial charge in [-0.3, -0.25) is 4.79 Å². The topological polar surface area (TPSA) is 76.1 Å². The molecule has 0 aliphatic carbocycles. The first-order valence-electron chi connectivity index (χ1n) is 8.81. The summed E-state index contributed by atoms with van der Waals surface area (Å²) < 4.78 is 5.20. The second-order valence-corrected chi connectivity index (χ2v) is 6.65. The van der Waals surface area contributed by atoms with Crippen LogP contribution in [0.1, 0.15) is 21.5 Å². The number of carbonyl (C=O) groups excluding carboxylic acids is 1. The fourth-order valence-corrected chi connectivity index (χ4v) is 2.74. The smallest absolute Gasteiger partial charge is 0.254 e. The van der Waals surface area contributed by atoms with Crippen molar-refractivity contribution in [2.75, 3.05) is 19.0 Å². The first kappa shape index (κ1) is 19.6. The van der Waals surface area contributed by atoms with E-state index in [1.54, 1.807) is 13.2 Å². The molecule has 0 spiro atoms. The van der Waals surface area contributed by atoms with Gasteiger partial charge in [0.05, 0.1) is 12.7 Å². The molecule has 28 heavy (non-hydrogen) atoms. The summed E-state index contributed by atoms with van der Waals surface area (Å²) in [4.78, 5) is 20.6. The van der Waals surface area contributed by atoms with Crippen molar-refractivity contribution in [3.05, 3.63) is 76.6 Å². The van der Waals surface area contributed by atoms with E-state index in [1.807, 2.05) is 43.3 Å². The van der Waals surface area contributed by atoms with Crippen molar-refractivity contribution in [2.24, 2.45) is 0 Å². The van der Waals surface area contributed by atoms with E-state index in [0.717, 1.165) is 22.6 Å². The van der Waals surface area contributed by atoms with E-state index in [9.17, 15) is 4.79 Å². The van der Waals surface area contributed by atoms with Crippen molar-refractivity contribution in [2.45, 2.75) is 13.3 Å². The highest BCUT2D eigenvalue weighted by Crippen LogP contribution is 2.21. The fraction of sp³-hybridized carbons (Fsp3) is 0.190. The maximum atomic E-state index is 12.3. The summed E-state index contributed by atoms with van der Waals surface area (Å²) >= 11 is 6.12. The first-order valence-corrected chi connectivity index (χ1v) is 9.19. The standard InChI is InChI=1S/C21H21ClN4O2/c1-14-6-7-17(11-19(14)22)26-21-24-12-16(13-25-21)20(27)23-9-8-15-4-3-5-18(10-15)28-2/h3-7,10-13H,8-9H2,1-2H3,(H,23,27)(H,24,25,26). The van der Waals surface area contributed by atoms with Gasteiger partial charge in [0, 0.05) is 29.6 Å². The molecule has 0 saturated carbocycles. The molecular weight excluding hydrogens is 376 g/mol. The van der Waals surface area contributed by atoms with Crippen LogP contribution in [0.2, 0.25) is 5.02 Å². The van der Waals surface area contributed by atoms with Crippen LogP contribution in [-0.4, -0.2) is 29.5 Å². The Morgan fingerprint density at radius 2 is 1.93 bits per heavy atom. The van der Waals surface area contributed by atoms with Crippen molar-refractivity contribution in [3.8, 4) is 5.75 Å². The normalized spacial score (nSPS) is 10.4. The van der Waals surface area contributed by atoms with E-state index in [4.69, 9.17) is 16.3 Å². The number of aromatic nitrogens is 2. The van der Waals surface area contributed by atoms with Crippen LogP contribution in [0.15, 0.2) is 54.9 Å². The minimum atomic E-state index is -0.215. The predicted octanol–water partition coefficient (Wildman–Crippen LogP) is 4.16. The maximum absolute atomic E-state index is 12.3. The minimum absolute atomic E-state index is 0.215. The van der Waals surface area contributed by atoms with E-state index in [-0.39, 0.29) is 5.91 Å². The maximum Gasteiger partial charge on any atom is 0.254 e. The third kappa shape index (κ3) is 5.20. The Labute approximate surface area is 168 Å². The monoisotopic (exact) mass is 396 g/mol. The van der Waals surface area contributed by atoms with Crippen molar-refractivity contribution < 1.29 is 9.53 Å². The molecule has 0 unspecified atom stereocenters. The molecule has 1 amide bonds. The molecule has 2 aromatic carbocycles. The second kappa shape index (κ2) is 9.19. The molecule has 3 rings (SSSR count). The Kier molecular flexibility index (Phi) is 6.45. The number of rotatable bonds is 7. The highest BCUT2D eigenvalue weighted by molar-refractivity contribution is 6.31. The van der Waals surface area contributed by atoms with Gasteiger partial charge in [0.2, 0.25) is 5.95 Å². The zero-order valence-corrected chi connectivity index (χ0v) is 16.5. The highest BCUT2D eigenvalue weighted by atomic mass is 35.5. The fourth-order valence-electron chi connectivity index (χ4n) is 2.56. The van der Waals surface area contributed by atoms with Gasteiger partial charge in [0.1, 0.15) is 5.75 Å². The molecule has 0 atom stereocenters. The van der Waals surface area contributed by atoms with E-state index >= 15 is 0 Å². The average Bonchev–Trinajstić information content (AvgIpc) is 2.71. The average molecular weight is 397 g/mol. The molecule has 2 N–H and O–H groups in total. The van der Waals surface area contributed by atoms with Crippen LogP contribution < -0.4 is 15.4 Å². The number of amides is 1. The summed E-state index contributed by atoms with van der Waals surface area (Å²) in [7, 11) is 1.63. The molecule has 6 nitrogen and oxygen atoms in total. The van der Waals surface area contributed by atoms with Crippen LogP contribution in [0.5, 0.6) is 5.75 Å². The lowest BCUT2D eigenvalue weighted by Gasteiger charge is -2.08. The van der Waals surface area contributed by atoms with E-state index < -0.39 is 0 Å². The number of nitrogens with one attached hydrogen (secondary N) is 2. The number of halogens is 1. The SMILES string of the molecule is COc1cccc(CCNC(=O)c2cnc(Nc3ccc(C)c(Cl)c3)nc2)c1. The van der Waals surface area contributed by atoms with Crippen molar-refractivity contribution in [3.63, 3.8) is 0 Å². The van der Waals surface area contributed by atoms with Gasteiger partial charge in [-0.15, -0.1) is 0 Å². The van der Waals surface area contributed by atoms with E-state index in [0.29, 0.717) is 29.5 Å². The molecule has 3 aromatic rings. The number of benzene rings is 2. The third-order valence-corrected chi connectivity index (χ3v) is 4.58. The summed E-state index contributed by atoms with van der Waals surface area (Å²) in [5.41, 5.74) is 3.27. The number of carbonyl (C=O) groups is 1. The number of nitrogens with zero attached hydrogens (tertiary/aromatic N) is 2. The van der Waals surface area contributed by atoms with Gasteiger partial charge < -0.3 is 15.4 Å². The molecule has 0 saturated heterocycles. The first-order chi connectivity index (χ1) is 13.5. The Morgan fingerprint density at radius 3 is 2.64 bits per heavy atom. The van der Waals surface area contributed by atoms with Gasteiger partial charge in [-0.2, -0.15) is 0 Å². The van der Waals surface area contributed by atoms with Crippen LogP contribution in [-0.2, 0) is 6.42 Å². The number of aryl methyl sites for hydroxylation is 1. The zero-order valence-electron chi connectivity index (χ0n) is 15.7. The van der Waals surface area contributed by atoms with Gasteiger partial charge in [-0.1, -0.05) is 29.8 Å². The molecule has 0 bridgehead atoms. The van der Waals surface area contributed by atoms with E-state index in [1.165, 1.54) is 12.4 Å². The highest BCUT2D eigenvalue weighted by Gasteiger charge is 2.08. The minimum Gasteiger partial charge on any atom is -0.497 e. The molecule has 1 aromatic heterocycles. The number of hydrogen-bond donors (Lipinski definition) is 2. The molecule has 1 heterocycles. The van der Waals surface area contributed by atoms with Gasteiger partial charge >= 0.3 is 0 Å². The second-order valence-electron chi connectivity index (χ2n) is 6.24. The van der Waals surface area contributed by atoms with Crippen LogP contribution >= 0.6 is 11.6 Å². The molecule has 0 aliphatic rings. The Bertz CT molecular complexity index is 961. The predicted molar refractivity (Wildman–Crippen MR) is 111 cm³/mol. The molecule has 0 aliphatic heterocycles. The van der Waals surface area contributed by atoms with Crippen molar-refractivity contribution >= 4 is 29.1 Å². The lowest BCUT2D eigenvalue weighted by molar-refractivity contribution is 0.0953. The van der Waals surface area contributed by atoms with Crippen LogP contribution in [0, 0.1) is 6.92 Å². The lowest BCUT2D eigenvalue weighted by atomic mass is 10.1. The Morgan fingerprint density at radius 1 is 1.14 bits per heavy atom. The Hall–Kier alpha value is -3.12. The molecule has 144 valence electrons. The third-order valence-electron chi connectivity index (χ3n) is 4.18. The summed E-state index contributed by atoms with van der Waals surface area (Å²) in [6.07, 6.45) is 3.69. The molecule has 7 heteroatoms. The summed E-state index contributed by atoms with van der Waals surface area (Å²) in [5, 5.41) is 6.60. The van der Waals surface area contributed by atoms with Gasteiger partial charge in [-0.25, -0.2) is 9.97 Å². The molecule has 0 fully saturated rings. The van der Waals surface area contributed by atoms with Crippen LogP contribution in [0.3, 0.4) is 0 Å². The van der Waals surface area contributed by atoms with Crippen molar-refractivity contribution in [1.82, 2.24) is 15.3 Å². The molecular formula is C21H21ClN4O2. The molecule has 0 radical (unpaired) electrons. The number of ether oxygens (including phenoxy) is 1. The van der Waals surface area contributed by atoms with Crippen LogP contribution in [0.25, 0.3) is 0 Å². The zero-order chi connectivity index (χ0) is 19.9. The number of methoxy groups -OCH3 is 1. The number of anilines is 2. The summed E-state index contributed by atoms with van der Waals surface area (Å²) in [6, 6.07) is 13.4. The van der Waals surface area contributed by atoms with Gasteiger partial charge in [-0.05, 0) is 48.7 Å². The number of hydrogen-bond acceptors (Lipinski definition) is 5. The summed E-state index contributed by atoms with van der Waals surface area (Å²) in [5.74, 6) is 0.982. The lowest BCUT2D eigenvalue weighted by Crippen LogP contribution is -2.26. The van der Waals surface area contributed by atoms with E-state index in [2.05, 4.69) is 20.6 Å². The van der Waals surface area contributed by atoms with Crippen LogP contribution in [0.4, 0.5) is 11.6 Å². The van der Waals surface area contributed by atoms with Gasteiger partial charge in [0.25, 0.3) is 5.91 Å². The van der Waals surface area contributed by atoms with Gasteiger partial charge in [0.15, 0.2) is 0 Å². The quantitative estimate of drug-likeness (QED) is 0.627. The summed E-state index contributed by atoms with van der Waals surface area (Å²) in [6.45, 7) is 2.44. The Balaban J connectivity index is 1.53. The largest absolute Gasteiger partial charge is 0.497 e.